The minimum absolute atomic E-state index is 0.0755. The van der Waals surface area contributed by atoms with Gasteiger partial charge in [-0.05, 0) is 38.5 Å². The van der Waals surface area contributed by atoms with Crippen molar-refractivity contribution in [2.75, 3.05) is 6.61 Å². The number of hydrogen-bond acceptors (Lipinski definition) is 6. The SMILES string of the molecule is CC(N=C1NS(=O)(=O)c2ccccc21)C(=O)OCC(=O)N(Cc1ccccc1)C(C)C. The van der Waals surface area contributed by atoms with Crippen molar-refractivity contribution in [3.05, 3.63) is 65.7 Å². The average Bonchev–Trinajstić information content (AvgIpc) is 3.00. The minimum Gasteiger partial charge on any atom is -0.454 e. The highest BCUT2D eigenvalue weighted by atomic mass is 32.2. The largest absolute Gasteiger partial charge is 0.454 e. The number of sulfonamides is 1. The Labute approximate surface area is 182 Å². The van der Waals surface area contributed by atoms with Gasteiger partial charge in [0.1, 0.15) is 11.9 Å². The summed E-state index contributed by atoms with van der Waals surface area (Å²) in [6.07, 6.45) is 0. The third kappa shape index (κ3) is 5.29. The molecule has 31 heavy (non-hydrogen) atoms. The molecule has 1 atom stereocenters. The van der Waals surface area contributed by atoms with Gasteiger partial charge in [0.25, 0.3) is 15.9 Å². The Balaban J connectivity index is 1.63. The van der Waals surface area contributed by atoms with Crippen molar-refractivity contribution in [3.8, 4) is 0 Å². The molecule has 0 aliphatic carbocycles. The number of fused-ring (bicyclic) bond motifs is 1. The number of rotatable bonds is 7. The van der Waals surface area contributed by atoms with E-state index in [0.29, 0.717) is 12.1 Å². The van der Waals surface area contributed by atoms with E-state index in [4.69, 9.17) is 4.74 Å². The molecule has 0 bridgehead atoms. The number of nitrogens with zero attached hydrogens (tertiary/aromatic N) is 2. The first-order valence-electron chi connectivity index (χ1n) is 9.89. The summed E-state index contributed by atoms with van der Waals surface area (Å²) in [6.45, 7) is 5.26. The molecule has 0 radical (unpaired) electrons. The second-order valence-electron chi connectivity index (χ2n) is 7.46. The van der Waals surface area contributed by atoms with Crippen LogP contribution in [0.5, 0.6) is 0 Å². The molecule has 164 valence electrons. The van der Waals surface area contributed by atoms with Crippen LogP contribution in [0.4, 0.5) is 0 Å². The highest BCUT2D eigenvalue weighted by molar-refractivity contribution is 7.90. The molecule has 0 spiro atoms. The molecule has 1 aliphatic rings. The lowest BCUT2D eigenvalue weighted by atomic mass is 10.2. The maximum Gasteiger partial charge on any atom is 0.331 e. The number of carbonyl (C=O) groups excluding carboxylic acids is 2. The number of ether oxygens (including phenoxy) is 1. The van der Waals surface area contributed by atoms with E-state index in [1.54, 1.807) is 23.1 Å². The third-order valence-corrected chi connectivity index (χ3v) is 6.20. The lowest BCUT2D eigenvalue weighted by Gasteiger charge is -2.26. The highest BCUT2D eigenvalue weighted by Gasteiger charge is 2.31. The van der Waals surface area contributed by atoms with E-state index in [9.17, 15) is 18.0 Å². The van der Waals surface area contributed by atoms with Gasteiger partial charge in [-0.3, -0.25) is 14.5 Å². The van der Waals surface area contributed by atoms with E-state index in [1.165, 1.54) is 13.0 Å². The van der Waals surface area contributed by atoms with Crippen LogP contribution < -0.4 is 4.72 Å². The second-order valence-corrected chi connectivity index (χ2v) is 9.11. The molecule has 0 fully saturated rings. The summed E-state index contributed by atoms with van der Waals surface area (Å²) in [7, 11) is -3.70. The standard InChI is InChI=1S/C22H25N3O5S/c1-15(2)25(13-17-9-5-4-6-10-17)20(26)14-30-22(27)16(3)23-21-18-11-7-8-12-19(18)31(28,29)24-21/h4-12,15-16H,13-14H2,1-3H3,(H,23,24). The quantitative estimate of drug-likeness (QED) is 0.660. The van der Waals surface area contributed by atoms with Crippen LogP contribution in [0.2, 0.25) is 0 Å². The Morgan fingerprint density at radius 2 is 1.68 bits per heavy atom. The first-order chi connectivity index (χ1) is 14.7. The topological polar surface area (TPSA) is 105 Å². The number of nitrogens with one attached hydrogen (secondary N) is 1. The van der Waals surface area contributed by atoms with Crippen LogP contribution in [-0.4, -0.2) is 49.7 Å². The number of amides is 1. The van der Waals surface area contributed by atoms with Gasteiger partial charge >= 0.3 is 5.97 Å². The Kier molecular flexibility index (Phi) is 6.74. The minimum atomic E-state index is -3.70. The Hall–Kier alpha value is -3.20. The zero-order valence-electron chi connectivity index (χ0n) is 17.6. The summed E-state index contributed by atoms with van der Waals surface area (Å²) in [6, 6.07) is 14.9. The lowest BCUT2D eigenvalue weighted by molar-refractivity contribution is -0.153. The summed E-state index contributed by atoms with van der Waals surface area (Å²) in [5.74, 6) is -0.953. The van der Waals surface area contributed by atoms with Crippen LogP contribution in [0.15, 0.2) is 64.5 Å². The van der Waals surface area contributed by atoms with Gasteiger partial charge in [0.05, 0.1) is 4.90 Å². The maximum atomic E-state index is 12.6. The molecule has 9 heteroatoms. The molecular formula is C22H25N3O5S. The Bertz CT molecular complexity index is 1100. The van der Waals surface area contributed by atoms with Crippen LogP contribution in [0, 0.1) is 0 Å². The summed E-state index contributed by atoms with van der Waals surface area (Å²) >= 11 is 0. The predicted molar refractivity (Wildman–Crippen MR) is 116 cm³/mol. The molecule has 0 saturated carbocycles. The predicted octanol–water partition coefficient (Wildman–Crippen LogP) is 2.09. The number of hydrogen-bond donors (Lipinski definition) is 1. The van der Waals surface area contributed by atoms with Crippen LogP contribution >= 0.6 is 0 Å². The smallest absolute Gasteiger partial charge is 0.331 e. The summed E-state index contributed by atoms with van der Waals surface area (Å²) in [4.78, 5) is 30.9. The van der Waals surface area contributed by atoms with Gasteiger partial charge < -0.3 is 9.64 Å². The van der Waals surface area contributed by atoms with Gasteiger partial charge in [0.15, 0.2) is 6.61 Å². The van der Waals surface area contributed by atoms with E-state index in [0.717, 1.165) is 5.56 Å². The number of amidine groups is 1. The summed E-state index contributed by atoms with van der Waals surface area (Å²) < 4.78 is 31.8. The Morgan fingerprint density at radius 3 is 2.35 bits per heavy atom. The van der Waals surface area contributed by atoms with Gasteiger partial charge in [-0.25, -0.2) is 13.2 Å². The zero-order valence-corrected chi connectivity index (χ0v) is 18.4. The monoisotopic (exact) mass is 443 g/mol. The molecule has 8 nitrogen and oxygen atoms in total. The molecule has 3 rings (SSSR count). The van der Waals surface area contributed by atoms with E-state index in [2.05, 4.69) is 9.71 Å². The molecule has 1 amide bonds. The number of aliphatic imine (C=N–C) groups is 1. The highest BCUT2D eigenvalue weighted by Crippen LogP contribution is 2.22. The van der Waals surface area contributed by atoms with Crippen LogP contribution in [0.25, 0.3) is 0 Å². The fraction of sp³-hybridized carbons (Fsp3) is 0.318. The second kappa shape index (κ2) is 9.30. The number of carbonyl (C=O) groups is 2. The van der Waals surface area contributed by atoms with Crippen LogP contribution in [0.1, 0.15) is 31.9 Å². The van der Waals surface area contributed by atoms with Gasteiger partial charge in [-0.15, -0.1) is 0 Å². The van der Waals surface area contributed by atoms with Crippen LogP contribution in [0.3, 0.4) is 0 Å². The van der Waals surface area contributed by atoms with E-state index < -0.39 is 28.6 Å². The first-order valence-corrected chi connectivity index (χ1v) is 11.4. The Morgan fingerprint density at radius 1 is 1.03 bits per heavy atom. The normalized spacial score (nSPS) is 16.5. The van der Waals surface area contributed by atoms with Gasteiger partial charge in [0.2, 0.25) is 0 Å². The third-order valence-electron chi connectivity index (χ3n) is 4.80. The van der Waals surface area contributed by atoms with E-state index in [1.807, 2.05) is 44.2 Å². The molecule has 0 aromatic heterocycles. The average molecular weight is 444 g/mol. The van der Waals surface area contributed by atoms with E-state index >= 15 is 0 Å². The van der Waals surface area contributed by atoms with Crippen molar-refractivity contribution in [3.63, 3.8) is 0 Å². The molecule has 1 unspecified atom stereocenters. The summed E-state index contributed by atoms with van der Waals surface area (Å²) in [5, 5.41) is 0. The number of esters is 1. The molecule has 1 aliphatic heterocycles. The maximum absolute atomic E-state index is 12.6. The van der Waals surface area contributed by atoms with Crippen molar-refractivity contribution >= 4 is 27.7 Å². The molecule has 2 aromatic carbocycles. The van der Waals surface area contributed by atoms with E-state index in [-0.39, 0.29) is 22.7 Å². The van der Waals surface area contributed by atoms with Crippen molar-refractivity contribution in [1.29, 1.82) is 0 Å². The molecule has 2 aromatic rings. The molecule has 1 N–H and O–H groups in total. The van der Waals surface area contributed by atoms with Gasteiger partial charge in [0, 0.05) is 18.2 Å². The fourth-order valence-electron chi connectivity index (χ4n) is 3.15. The first kappa shape index (κ1) is 22.5. The van der Waals surface area contributed by atoms with Crippen molar-refractivity contribution < 1.29 is 22.7 Å². The number of benzene rings is 2. The molecule has 0 saturated heterocycles. The van der Waals surface area contributed by atoms with Crippen molar-refractivity contribution in [1.82, 2.24) is 9.62 Å². The molecule has 1 heterocycles. The van der Waals surface area contributed by atoms with Gasteiger partial charge in [-0.1, -0.05) is 42.5 Å². The van der Waals surface area contributed by atoms with Gasteiger partial charge in [-0.2, -0.15) is 0 Å². The van der Waals surface area contributed by atoms with Crippen molar-refractivity contribution in [2.24, 2.45) is 4.99 Å². The zero-order chi connectivity index (χ0) is 22.6. The lowest BCUT2D eigenvalue weighted by Crippen LogP contribution is -2.39. The summed E-state index contributed by atoms with van der Waals surface area (Å²) in [5.41, 5.74) is 1.37. The molecular weight excluding hydrogens is 418 g/mol. The van der Waals surface area contributed by atoms with Crippen molar-refractivity contribution in [2.45, 2.75) is 44.3 Å². The van der Waals surface area contributed by atoms with Crippen LogP contribution in [-0.2, 0) is 30.9 Å². The fourth-order valence-corrected chi connectivity index (χ4v) is 4.39.